The van der Waals surface area contributed by atoms with E-state index in [1.165, 1.54) is 16.7 Å². The number of methoxy groups -OCH3 is 1. The zero-order valence-electron chi connectivity index (χ0n) is 22.9. The van der Waals surface area contributed by atoms with Gasteiger partial charge < -0.3 is 24.3 Å². The van der Waals surface area contributed by atoms with E-state index in [2.05, 4.69) is 66.7 Å². The van der Waals surface area contributed by atoms with E-state index in [-0.39, 0.29) is 12.1 Å². The summed E-state index contributed by atoms with van der Waals surface area (Å²) in [5.74, 6) is 0.612. The molecule has 202 valence electrons. The third-order valence-corrected chi connectivity index (χ3v) is 7.70. The highest BCUT2D eigenvalue weighted by molar-refractivity contribution is 7.80. The Bertz CT molecular complexity index is 1480. The monoisotopic (exact) mass is 560 g/mol. The lowest BCUT2D eigenvalue weighted by atomic mass is 9.96. The molecular weight excluding hydrogens is 528 g/mol. The molecule has 1 fully saturated rings. The van der Waals surface area contributed by atoms with Crippen LogP contribution in [0.4, 0.5) is 5.69 Å². The van der Waals surface area contributed by atoms with Gasteiger partial charge in [0.15, 0.2) is 5.11 Å². The van der Waals surface area contributed by atoms with Crippen molar-refractivity contribution in [1.82, 2.24) is 14.9 Å². The topological polar surface area (TPSA) is 51.6 Å². The Hall–Kier alpha value is -3.39. The van der Waals surface area contributed by atoms with E-state index in [1.807, 2.05) is 42.6 Å². The number of rotatable bonds is 8. The molecule has 4 aromatic rings. The fourth-order valence-corrected chi connectivity index (χ4v) is 6.08. The number of pyridine rings is 1. The second kappa shape index (κ2) is 11.4. The van der Waals surface area contributed by atoms with Crippen LogP contribution in [0.5, 0.6) is 5.75 Å². The minimum Gasteiger partial charge on any atom is -0.490 e. The summed E-state index contributed by atoms with van der Waals surface area (Å²) in [6.07, 6.45) is 1.82. The number of hydrogen-bond acceptors (Lipinski definition) is 4. The molecule has 0 spiro atoms. The molecule has 1 N–H and O–H groups in total. The Morgan fingerprint density at radius 2 is 1.72 bits per heavy atom. The number of aryl methyl sites for hydroxylation is 3. The Morgan fingerprint density at radius 1 is 0.949 bits per heavy atom. The normalized spacial score (nSPS) is 17.0. The van der Waals surface area contributed by atoms with E-state index in [0.29, 0.717) is 29.1 Å². The Labute approximate surface area is 240 Å². The lowest BCUT2D eigenvalue weighted by Gasteiger charge is -2.28. The highest BCUT2D eigenvalue weighted by atomic mass is 35.5. The minimum absolute atomic E-state index is 0.144. The largest absolute Gasteiger partial charge is 0.490 e. The molecule has 0 aliphatic carbocycles. The molecule has 2 aromatic carbocycles. The number of thiocarbonyl (C=S) groups is 1. The quantitative estimate of drug-likeness (QED) is 0.186. The molecule has 1 aliphatic heterocycles. The molecule has 8 heteroatoms. The van der Waals surface area contributed by atoms with E-state index in [1.54, 1.807) is 7.11 Å². The van der Waals surface area contributed by atoms with Crippen LogP contribution >= 0.6 is 23.8 Å². The summed E-state index contributed by atoms with van der Waals surface area (Å²) in [6, 6.07) is 20.4. The van der Waals surface area contributed by atoms with E-state index in [0.717, 1.165) is 28.5 Å². The first-order valence-corrected chi connectivity index (χ1v) is 13.8. The predicted molar refractivity (Wildman–Crippen MR) is 161 cm³/mol. The second-order valence-corrected chi connectivity index (χ2v) is 10.8. The fraction of sp³-hybridized carbons (Fsp3) is 0.290. The van der Waals surface area contributed by atoms with Crippen LogP contribution in [-0.4, -0.2) is 35.0 Å². The maximum absolute atomic E-state index is 6.68. The van der Waals surface area contributed by atoms with Gasteiger partial charge in [0.2, 0.25) is 0 Å². The van der Waals surface area contributed by atoms with Gasteiger partial charge in [0.1, 0.15) is 12.4 Å². The van der Waals surface area contributed by atoms with Gasteiger partial charge in [-0.1, -0.05) is 23.7 Å². The first kappa shape index (κ1) is 27.2. The third kappa shape index (κ3) is 5.39. The van der Waals surface area contributed by atoms with Gasteiger partial charge in [0.05, 0.1) is 29.4 Å². The lowest BCUT2D eigenvalue weighted by Crippen LogP contribution is -2.29. The summed E-state index contributed by atoms with van der Waals surface area (Å²) in [5.41, 5.74) is 8.92. The molecule has 3 heterocycles. The molecule has 0 bridgehead atoms. The van der Waals surface area contributed by atoms with Gasteiger partial charge in [0, 0.05) is 36.1 Å². The van der Waals surface area contributed by atoms with Crippen LogP contribution in [-0.2, 0) is 4.74 Å². The number of nitrogens with zero attached hydrogens (tertiary/aromatic N) is 3. The molecule has 39 heavy (non-hydrogen) atoms. The molecule has 2 aromatic heterocycles. The van der Waals surface area contributed by atoms with Crippen LogP contribution in [0.25, 0.3) is 5.69 Å². The number of benzene rings is 2. The van der Waals surface area contributed by atoms with Gasteiger partial charge in [-0.05, 0) is 105 Å². The molecule has 6 nitrogen and oxygen atoms in total. The Balaban J connectivity index is 1.62. The van der Waals surface area contributed by atoms with Gasteiger partial charge in [-0.15, -0.1) is 0 Å². The second-order valence-electron chi connectivity index (χ2n) is 9.96. The van der Waals surface area contributed by atoms with E-state index in [4.69, 9.17) is 38.3 Å². The average molecular weight is 561 g/mol. The number of anilines is 1. The van der Waals surface area contributed by atoms with Crippen molar-refractivity contribution in [1.29, 1.82) is 0 Å². The smallest absolute Gasteiger partial charge is 0.174 e. The minimum atomic E-state index is -0.150. The lowest BCUT2D eigenvalue weighted by molar-refractivity contribution is 0.146. The first-order chi connectivity index (χ1) is 18.8. The highest BCUT2D eigenvalue weighted by Crippen LogP contribution is 2.45. The summed E-state index contributed by atoms with van der Waals surface area (Å²) in [4.78, 5) is 6.85. The van der Waals surface area contributed by atoms with Crippen LogP contribution in [0.3, 0.4) is 0 Å². The van der Waals surface area contributed by atoms with Crippen LogP contribution in [0.1, 0.15) is 45.9 Å². The maximum atomic E-state index is 6.68. The number of nitrogens with one attached hydrogen (secondary N) is 1. The SMILES string of the molecule is COCCOc1ccc(N2C(=S)N[C@H](c3ccccn3)[C@H]2c2cc(C)n(-c3cc(C)cc(C)c3)c2C)cc1Cl. The van der Waals surface area contributed by atoms with E-state index < -0.39 is 0 Å². The van der Waals surface area contributed by atoms with Gasteiger partial charge in [-0.3, -0.25) is 4.98 Å². The molecule has 5 rings (SSSR count). The zero-order chi connectivity index (χ0) is 27.7. The van der Waals surface area contributed by atoms with E-state index in [9.17, 15) is 0 Å². The Kier molecular flexibility index (Phi) is 7.93. The van der Waals surface area contributed by atoms with Crippen LogP contribution in [0, 0.1) is 27.7 Å². The van der Waals surface area contributed by atoms with Crippen molar-refractivity contribution in [3.63, 3.8) is 0 Å². The summed E-state index contributed by atoms with van der Waals surface area (Å²) in [5, 5.41) is 4.69. The highest BCUT2D eigenvalue weighted by Gasteiger charge is 2.42. The summed E-state index contributed by atoms with van der Waals surface area (Å²) >= 11 is 12.6. The van der Waals surface area contributed by atoms with Crippen molar-refractivity contribution in [2.24, 2.45) is 0 Å². The standard InChI is InChI=1S/C31H33ClN4O2S/c1-19-14-20(2)16-24(15-19)35-21(3)17-25(22(35)4)30-29(27-8-6-7-11-33-27)34-31(39)36(30)23-9-10-28(26(32)18-23)38-13-12-37-5/h6-11,14-18,29-30H,12-13H2,1-5H3,(H,34,39)/t29-,30-/m1/s1. The Morgan fingerprint density at radius 3 is 2.38 bits per heavy atom. The summed E-state index contributed by atoms with van der Waals surface area (Å²) in [6.45, 7) is 9.51. The van der Waals surface area contributed by atoms with Crippen LogP contribution in [0.2, 0.25) is 5.02 Å². The predicted octanol–water partition coefficient (Wildman–Crippen LogP) is 6.96. The van der Waals surface area contributed by atoms with E-state index >= 15 is 0 Å². The number of halogens is 1. The van der Waals surface area contributed by atoms with Gasteiger partial charge in [0.25, 0.3) is 0 Å². The number of hydrogen-bond donors (Lipinski definition) is 1. The molecule has 1 saturated heterocycles. The fourth-order valence-electron chi connectivity index (χ4n) is 5.50. The third-order valence-electron chi connectivity index (χ3n) is 7.09. The number of aromatic nitrogens is 2. The van der Waals surface area contributed by atoms with Gasteiger partial charge in [-0.2, -0.15) is 0 Å². The van der Waals surface area contributed by atoms with Crippen molar-refractivity contribution in [2.45, 2.75) is 39.8 Å². The molecular formula is C31H33ClN4O2S. The summed E-state index contributed by atoms with van der Waals surface area (Å²) < 4.78 is 13.2. The maximum Gasteiger partial charge on any atom is 0.174 e. The van der Waals surface area contributed by atoms with Gasteiger partial charge >= 0.3 is 0 Å². The average Bonchev–Trinajstić information content (AvgIpc) is 3.40. The molecule has 0 amide bonds. The molecule has 1 aliphatic rings. The van der Waals surface area contributed by atoms with Crippen LogP contribution < -0.4 is 15.0 Å². The molecule has 0 unspecified atom stereocenters. The molecule has 0 saturated carbocycles. The molecule has 2 atom stereocenters. The van der Waals surface area contributed by atoms with Crippen molar-refractivity contribution in [3.8, 4) is 11.4 Å². The van der Waals surface area contributed by atoms with Crippen molar-refractivity contribution < 1.29 is 9.47 Å². The van der Waals surface area contributed by atoms with Crippen molar-refractivity contribution in [3.05, 3.63) is 106 Å². The van der Waals surface area contributed by atoms with Crippen LogP contribution in [0.15, 0.2) is 66.9 Å². The molecule has 0 radical (unpaired) electrons. The number of ether oxygens (including phenoxy) is 2. The van der Waals surface area contributed by atoms with Gasteiger partial charge in [-0.25, -0.2) is 0 Å². The van der Waals surface area contributed by atoms with Crippen molar-refractivity contribution in [2.75, 3.05) is 25.2 Å². The summed E-state index contributed by atoms with van der Waals surface area (Å²) in [7, 11) is 1.64. The van der Waals surface area contributed by atoms with Crippen molar-refractivity contribution >= 4 is 34.6 Å². The first-order valence-electron chi connectivity index (χ1n) is 13.0. The zero-order valence-corrected chi connectivity index (χ0v) is 24.4.